The summed E-state index contributed by atoms with van der Waals surface area (Å²) in [5.41, 5.74) is 0. The Hall–Kier alpha value is -0.220. The minimum absolute atomic E-state index is 0.0934. The normalized spacial score (nSPS) is 43.0. The summed E-state index contributed by atoms with van der Waals surface area (Å²) in [6.07, 6.45) is -3.23. The molecule has 4 atom stereocenters. The number of methoxy groups -OCH3 is 2. The van der Waals surface area contributed by atoms with Gasteiger partial charge in [0.05, 0.1) is 12.2 Å². The maximum Gasteiger partial charge on any atom is 0.129 e. The van der Waals surface area contributed by atoms with Gasteiger partial charge in [-0.15, -0.1) is 0 Å². The van der Waals surface area contributed by atoms with Crippen LogP contribution in [0.3, 0.4) is 0 Å². The van der Waals surface area contributed by atoms with Crippen molar-refractivity contribution in [1.29, 1.82) is 0 Å². The molecule has 1 aliphatic carbocycles. The van der Waals surface area contributed by atoms with Gasteiger partial charge in [0, 0.05) is 27.1 Å². The number of alkyl halides is 2. The zero-order valence-corrected chi connectivity index (χ0v) is 7.30. The van der Waals surface area contributed by atoms with E-state index in [1.54, 1.807) is 0 Å². The third kappa shape index (κ3) is 1.93. The van der Waals surface area contributed by atoms with Crippen LogP contribution in [0.25, 0.3) is 0 Å². The molecule has 4 unspecified atom stereocenters. The van der Waals surface area contributed by atoms with Crippen molar-refractivity contribution in [3.63, 3.8) is 0 Å². The summed E-state index contributed by atoms with van der Waals surface area (Å²) >= 11 is 0. The summed E-state index contributed by atoms with van der Waals surface area (Å²) in [6, 6.07) is 0. The largest absolute Gasteiger partial charge is 0.378 e. The van der Waals surface area contributed by atoms with Crippen molar-refractivity contribution in [3.8, 4) is 0 Å². The lowest BCUT2D eigenvalue weighted by atomic mass is 9.91. The zero-order chi connectivity index (χ0) is 9.14. The summed E-state index contributed by atoms with van der Waals surface area (Å²) in [5.74, 6) is 0. The fraction of sp³-hybridized carbons (Fsp3) is 1.00. The van der Waals surface area contributed by atoms with E-state index in [2.05, 4.69) is 0 Å². The van der Waals surface area contributed by atoms with Crippen LogP contribution in [0.2, 0.25) is 0 Å². The highest BCUT2D eigenvalue weighted by Crippen LogP contribution is 2.27. The van der Waals surface area contributed by atoms with Crippen LogP contribution in [-0.2, 0) is 9.47 Å². The van der Waals surface area contributed by atoms with Crippen molar-refractivity contribution in [1.82, 2.24) is 0 Å². The van der Waals surface area contributed by atoms with Gasteiger partial charge in [0.15, 0.2) is 0 Å². The molecule has 0 aromatic rings. The molecule has 72 valence electrons. The molecule has 1 saturated carbocycles. The van der Waals surface area contributed by atoms with E-state index in [4.69, 9.17) is 9.47 Å². The molecule has 2 nitrogen and oxygen atoms in total. The number of hydrogen-bond donors (Lipinski definition) is 0. The average molecular weight is 180 g/mol. The van der Waals surface area contributed by atoms with Gasteiger partial charge in [-0.25, -0.2) is 8.78 Å². The lowest BCUT2D eigenvalue weighted by molar-refractivity contribution is -0.0842. The summed E-state index contributed by atoms with van der Waals surface area (Å²) in [7, 11) is 2.80. The first-order chi connectivity index (χ1) is 5.69. The Morgan fingerprint density at radius 2 is 1.25 bits per heavy atom. The van der Waals surface area contributed by atoms with Crippen LogP contribution in [0.1, 0.15) is 12.8 Å². The van der Waals surface area contributed by atoms with E-state index < -0.39 is 24.6 Å². The van der Waals surface area contributed by atoms with Gasteiger partial charge in [-0.1, -0.05) is 0 Å². The van der Waals surface area contributed by atoms with Crippen molar-refractivity contribution in [3.05, 3.63) is 0 Å². The quantitative estimate of drug-likeness (QED) is 0.641. The third-order valence-electron chi connectivity index (χ3n) is 2.33. The topological polar surface area (TPSA) is 18.5 Å². The first-order valence-corrected chi connectivity index (χ1v) is 4.02. The molecule has 0 saturated heterocycles. The van der Waals surface area contributed by atoms with Crippen LogP contribution >= 0.6 is 0 Å². The monoisotopic (exact) mass is 180 g/mol. The predicted molar refractivity (Wildman–Crippen MR) is 40.6 cm³/mol. The fourth-order valence-electron chi connectivity index (χ4n) is 1.53. The highest BCUT2D eigenvalue weighted by atomic mass is 19.1. The maximum atomic E-state index is 13.1. The van der Waals surface area contributed by atoms with Gasteiger partial charge in [0.2, 0.25) is 0 Å². The summed E-state index contributed by atoms with van der Waals surface area (Å²) in [5, 5.41) is 0. The number of hydrogen-bond acceptors (Lipinski definition) is 2. The summed E-state index contributed by atoms with van der Waals surface area (Å²) in [4.78, 5) is 0. The van der Waals surface area contributed by atoms with Crippen molar-refractivity contribution in [2.45, 2.75) is 37.4 Å². The van der Waals surface area contributed by atoms with Crippen molar-refractivity contribution in [2.24, 2.45) is 0 Å². The predicted octanol–water partition coefficient (Wildman–Crippen LogP) is 1.49. The van der Waals surface area contributed by atoms with Gasteiger partial charge in [0.1, 0.15) is 12.3 Å². The van der Waals surface area contributed by atoms with Crippen LogP contribution in [0.5, 0.6) is 0 Å². The molecular formula is C8H14F2O2. The molecule has 1 fully saturated rings. The second-order valence-electron chi connectivity index (χ2n) is 3.05. The van der Waals surface area contributed by atoms with Crippen LogP contribution < -0.4 is 0 Å². The summed E-state index contributed by atoms with van der Waals surface area (Å²) in [6.45, 7) is 0. The zero-order valence-electron chi connectivity index (χ0n) is 7.30. The van der Waals surface area contributed by atoms with E-state index in [0.29, 0.717) is 0 Å². The number of ether oxygens (including phenoxy) is 2. The van der Waals surface area contributed by atoms with Crippen molar-refractivity contribution in [2.75, 3.05) is 14.2 Å². The molecule has 12 heavy (non-hydrogen) atoms. The lowest BCUT2D eigenvalue weighted by Crippen LogP contribution is -2.42. The highest BCUT2D eigenvalue weighted by Gasteiger charge is 2.37. The smallest absolute Gasteiger partial charge is 0.129 e. The van der Waals surface area contributed by atoms with Gasteiger partial charge in [0.25, 0.3) is 0 Å². The first kappa shape index (κ1) is 9.86. The Labute approximate surface area is 70.8 Å². The van der Waals surface area contributed by atoms with E-state index in [1.165, 1.54) is 14.2 Å². The molecule has 0 amide bonds. The molecule has 4 heteroatoms. The SMILES string of the molecule is COC1CC(F)C(OC)CC1F. The average Bonchev–Trinajstić information content (AvgIpc) is 2.08. The Morgan fingerprint density at radius 1 is 0.917 bits per heavy atom. The van der Waals surface area contributed by atoms with E-state index in [9.17, 15) is 8.78 Å². The van der Waals surface area contributed by atoms with Gasteiger partial charge >= 0.3 is 0 Å². The van der Waals surface area contributed by atoms with Crippen LogP contribution in [-0.4, -0.2) is 38.8 Å². The Morgan fingerprint density at radius 3 is 1.50 bits per heavy atom. The molecule has 0 aromatic carbocycles. The van der Waals surface area contributed by atoms with Crippen LogP contribution in [0, 0.1) is 0 Å². The van der Waals surface area contributed by atoms with Crippen LogP contribution in [0.15, 0.2) is 0 Å². The molecule has 1 rings (SSSR count). The number of rotatable bonds is 2. The Kier molecular flexibility index (Phi) is 3.40. The molecule has 0 bridgehead atoms. The molecule has 0 aliphatic heterocycles. The lowest BCUT2D eigenvalue weighted by Gasteiger charge is -2.32. The van der Waals surface area contributed by atoms with Gasteiger partial charge < -0.3 is 9.47 Å². The molecule has 0 aromatic heterocycles. The first-order valence-electron chi connectivity index (χ1n) is 4.02. The maximum absolute atomic E-state index is 13.1. The van der Waals surface area contributed by atoms with E-state index >= 15 is 0 Å². The molecule has 0 heterocycles. The second-order valence-corrected chi connectivity index (χ2v) is 3.05. The molecule has 0 radical (unpaired) electrons. The van der Waals surface area contributed by atoms with Crippen molar-refractivity contribution < 1.29 is 18.3 Å². The molecular weight excluding hydrogens is 166 g/mol. The third-order valence-corrected chi connectivity index (χ3v) is 2.33. The fourth-order valence-corrected chi connectivity index (χ4v) is 1.53. The summed E-state index contributed by atoms with van der Waals surface area (Å²) < 4.78 is 35.8. The standard InChI is InChI=1S/C8H14F2O2/c1-11-7-3-6(10)8(12-2)4-5(7)9/h5-8H,3-4H2,1-2H3. The Balaban J connectivity index is 2.49. The molecule has 1 aliphatic rings. The second kappa shape index (κ2) is 4.14. The van der Waals surface area contributed by atoms with Crippen molar-refractivity contribution >= 4 is 0 Å². The number of halogens is 2. The van der Waals surface area contributed by atoms with E-state index in [1.807, 2.05) is 0 Å². The molecule has 0 N–H and O–H groups in total. The Bertz CT molecular complexity index is 127. The van der Waals surface area contributed by atoms with E-state index in [-0.39, 0.29) is 12.8 Å². The van der Waals surface area contributed by atoms with Gasteiger partial charge in [-0.05, 0) is 0 Å². The minimum Gasteiger partial charge on any atom is -0.378 e. The minimum atomic E-state index is -1.10. The van der Waals surface area contributed by atoms with Gasteiger partial charge in [-0.3, -0.25) is 0 Å². The van der Waals surface area contributed by atoms with Crippen LogP contribution in [0.4, 0.5) is 8.78 Å². The van der Waals surface area contributed by atoms with E-state index in [0.717, 1.165) is 0 Å². The highest BCUT2D eigenvalue weighted by molar-refractivity contribution is 4.87. The molecule has 0 spiro atoms. The van der Waals surface area contributed by atoms with Gasteiger partial charge in [-0.2, -0.15) is 0 Å².